The Morgan fingerprint density at radius 3 is 1.55 bits per heavy atom. The number of benzene rings is 10. The van der Waals surface area contributed by atoms with Crippen LogP contribution in [0.2, 0.25) is 0 Å². The van der Waals surface area contributed by atoms with E-state index in [9.17, 15) is 0 Å². The van der Waals surface area contributed by atoms with E-state index in [1.165, 1.54) is 94.1 Å². The lowest BCUT2D eigenvalue weighted by Gasteiger charge is -2.35. The molecule has 0 saturated heterocycles. The van der Waals surface area contributed by atoms with Gasteiger partial charge in [-0.05, 0) is 146 Å². The molecule has 0 bridgehead atoms. The molecule has 2 aliphatic rings. The van der Waals surface area contributed by atoms with Crippen molar-refractivity contribution in [2.45, 2.75) is 31.6 Å². The lowest BCUT2D eigenvalue weighted by atomic mass is 9.67. The van der Waals surface area contributed by atoms with Gasteiger partial charge in [-0.25, -0.2) is 0 Å². The van der Waals surface area contributed by atoms with Crippen LogP contribution in [0.15, 0.2) is 237 Å². The van der Waals surface area contributed by atoms with Crippen molar-refractivity contribution in [3.63, 3.8) is 0 Å². The zero-order valence-corrected chi connectivity index (χ0v) is 37.9. The summed E-state index contributed by atoms with van der Waals surface area (Å²) in [5.74, 6) is 0. The molecule has 318 valence electrons. The van der Waals surface area contributed by atoms with E-state index in [1.807, 2.05) is 0 Å². The average molecular weight is 857 g/mol. The predicted octanol–water partition coefficient (Wildman–Crippen LogP) is 16.9. The van der Waals surface area contributed by atoms with Crippen molar-refractivity contribution in [3.05, 3.63) is 276 Å². The van der Waals surface area contributed by atoms with Gasteiger partial charge in [0, 0.05) is 38.9 Å². The molecule has 10 aromatic carbocycles. The number of para-hydroxylation sites is 2. The Balaban J connectivity index is 1.03. The van der Waals surface area contributed by atoms with Gasteiger partial charge in [0.25, 0.3) is 0 Å². The maximum absolute atomic E-state index is 2.49. The third kappa shape index (κ3) is 5.82. The summed E-state index contributed by atoms with van der Waals surface area (Å²) in [5, 5.41) is 2.50. The number of aryl methyl sites for hydroxylation is 1. The maximum Gasteiger partial charge on any atom is 0.0714 e. The number of aromatic nitrogens is 1. The molecule has 0 saturated carbocycles. The number of hydrogen-bond acceptors (Lipinski definition) is 1. The largest absolute Gasteiger partial charge is 0.310 e. The second kappa shape index (κ2) is 14.9. The van der Waals surface area contributed by atoms with Gasteiger partial charge in [-0.2, -0.15) is 0 Å². The Morgan fingerprint density at radius 2 is 0.851 bits per heavy atom. The van der Waals surface area contributed by atoms with E-state index in [-0.39, 0.29) is 5.41 Å². The Morgan fingerprint density at radius 1 is 0.358 bits per heavy atom. The summed E-state index contributed by atoms with van der Waals surface area (Å²) in [6, 6.07) is 88.4. The van der Waals surface area contributed by atoms with Gasteiger partial charge in [-0.3, -0.25) is 0 Å². The molecule has 0 N–H and O–H groups in total. The van der Waals surface area contributed by atoms with Crippen molar-refractivity contribution in [3.8, 4) is 39.1 Å². The molecule has 1 aromatic heterocycles. The first-order valence-electron chi connectivity index (χ1n) is 23.5. The van der Waals surface area contributed by atoms with E-state index < -0.39 is 5.41 Å². The van der Waals surface area contributed by atoms with E-state index in [4.69, 9.17) is 0 Å². The monoisotopic (exact) mass is 856 g/mol. The minimum absolute atomic E-state index is 0.128. The second-order valence-corrected chi connectivity index (χ2v) is 19.0. The molecule has 0 unspecified atom stereocenters. The fourth-order valence-electron chi connectivity index (χ4n) is 11.8. The highest BCUT2D eigenvalue weighted by atomic mass is 15.1. The summed E-state index contributed by atoms with van der Waals surface area (Å²) in [5.41, 5.74) is 22.9. The molecular formula is C65H48N2. The van der Waals surface area contributed by atoms with Crippen LogP contribution in [0.1, 0.15) is 52.8 Å². The standard InChI is InChI=1S/C65H48N2/c1-43-27-31-49(32-28-43)66(50-33-36-53-52-23-13-15-25-58(52)64(2,3)59(53)41-50)51-34-37-55-54-35-29-45(40-60(54)65(61(55)42-51,46-17-7-4-8-18-46)47-19-9-5-10-20-47)44-30-38-63-57(39-44)56-24-14-16-26-62(56)67(63)48-21-11-6-12-22-48/h4-42H,1-3H3. The van der Waals surface area contributed by atoms with Gasteiger partial charge in [-0.1, -0.05) is 183 Å². The number of rotatable bonds is 7. The summed E-state index contributed by atoms with van der Waals surface area (Å²) in [7, 11) is 0. The van der Waals surface area contributed by atoms with Crippen LogP contribution in [0, 0.1) is 6.92 Å². The minimum atomic E-state index is -0.604. The van der Waals surface area contributed by atoms with Crippen LogP contribution in [0.3, 0.4) is 0 Å². The van der Waals surface area contributed by atoms with Crippen molar-refractivity contribution in [1.82, 2.24) is 4.57 Å². The highest BCUT2D eigenvalue weighted by Gasteiger charge is 2.47. The predicted molar refractivity (Wildman–Crippen MR) is 281 cm³/mol. The summed E-state index contributed by atoms with van der Waals surface area (Å²) in [6.45, 7) is 6.90. The normalized spacial score (nSPS) is 13.8. The van der Waals surface area contributed by atoms with E-state index in [0.717, 1.165) is 22.7 Å². The first-order valence-corrected chi connectivity index (χ1v) is 23.5. The molecule has 13 rings (SSSR count). The molecule has 0 amide bonds. The minimum Gasteiger partial charge on any atom is -0.310 e. The average Bonchev–Trinajstić information content (AvgIpc) is 3.95. The van der Waals surface area contributed by atoms with E-state index in [0.29, 0.717) is 0 Å². The molecule has 1 heterocycles. The van der Waals surface area contributed by atoms with Crippen molar-refractivity contribution in [2.24, 2.45) is 0 Å². The lowest BCUT2D eigenvalue weighted by molar-refractivity contribution is 0.660. The van der Waals surface area contributed by atoms with Crippen molar-refractivity contribution in [1.29, 1.82) is 0 Å². The van der Waals surface area contributed by atoms with Gasteiger partial charge >= 0.3 is 0 Å². The molecule has 11 aromatic rings. The summed E-state index contributed by atoms with van der Waals surface area (Å²) in [4.78, 5) is 2.47. The number of anilines is 3. The first kappa shape index (κ1) is 39.2. The van der Waals surface area contributed by atoms with Crippen LogP contribution >= 0.6 is 0 Å². The van der Waals surface area contributed by atoms with Crippen LogP contribution in [0.4, 0.5) is 17.1 Å². The van der Waals surface area contributed by atoms with E-state index in [1.54, 1.807) is 0 Å². The zero-order valence-electron chi connectivity index (χ0n) is 37.9. The number of nitrogens with zero attached hydrogens (tertiary/aromatic N) is 2. The first-order chi connectivity index (χ1) is 32.9. The highest BCUT2D eigenvalue weighted by Crippen LogP contribution is 2.58. The SMILES string of the molecule is Cc1ccc(N(c2ccc3c(c2)C(C)(C)c2ccccc2-3)c2ccc3c(c2)C(c2ccccc2)(c2ccccc2)c2cc(-c4ccc5c(c4)c4ccccc4n5-c4ccccc4)ccc2-3)cc1. The van der Waals surface area contributed by atoms with Gasteiger partial charge in [0.05, 0.1) is 16.4 Å². The van der Waals surface area contributed by atoms with Crippen LogP contribution in [0.5, 0.6) is 0 Å². The molecule has 0 fully saturated rings. The van der Waals surface area contributed by atoms with Gasteiger partial charge in [0.15, 0.2) is 0 Å². The summed E-state index contributed by atoms with van der Waals surface area (Å²) < 4.78 is 2.39. The fourth-order valence-corrected chi connectivity index (χ4v) is 11.8. The Kier molecular flexibility index (Phi) is 8.73. The lowest BCUT2D eigenvalue weighted by Crippen LogP contribution is -2.28. The molecular weight excluding hydrogens is 809 g/mol. The van der Waals surface area contributed by atoms with Crippen LogP contribution in [-0.4, -0.2) is 4.57 Å². The smallest absolute Gasteiger partial charge is 0.0714 e. The van der Waals surface area contributed by atoms with Gasteiger partial charge < -0.3 is 9.47 Å². The van der Waals surface area contributed by atoms with E-state index in [2.05, 4.69) is 267 Å². The van der Waals surface area contributed by atoms with Gasteiger partial charge in [0.1, 0.15) is 0 Å². The van der Waals surface area contributed by atoms with Gasteiger partial charge in [0.2, 0.25) is 0 Å². The molecule has 2 aliphatic carbocycles. The molecule has 0 radical (unpaired) electrons. The Labute approximate surface area is 392 Å². The fraction of sp³-hybridized carbons (Fsp3) is 0.0769. The van der Waals surface area contributed by atoms with Crippen molar-refractivity contribution >= 4 is 38.9 Å². The zero-order chi connectivity index (χ0) is 44.9. The Bertz CT molecular complexity index is 3670. The summed E-state index contributed by atoms with van der Waals surface area (Å²) in [6.07, 6.45) is 0. The highest BCUT2D eigenvalue weighted by molar-refractivity contribution is 6.10. The third-order valence-corrected chi connectivity index (χ3v) is 14.9. The van der Waals surface area contributed by atoms with Crippen molar-refractivity contribution < 1.29 is 0 Å². The quantitative estimate of drug-likeness (QED) is 0.155. The van der Waals surface area contributed by atoms with Gasteiger partial charge in [-0.15, -0.1) is 0 Å². The number of hydrogen-bond donors (Lipinski definition) is 0. The molecule has 0 aliphatic heterocycles. The molecule has 0 spiro atoms. The van der Waals surface area contributed by atoms with Crippen LogP contribution in [0.25, 0.3) is 60.9 Å². The molecule has 0 atom stereocenters. The third-order valence-electron chi connectivity index (χ3n) is 14.9. The van der Waals surface area contributed by atoms with E-state index >= 15 is 0 Å². The number of fused-ring (bicyclic) bond motifs is 9. The molecule has 67 heavy (non-hydrogen) atoms. The van der Waals surface area contributed by atoms with Crippen molar-refractivity contribution in [2.75, 3.05) is 4.90 Å². The summed E-state index contributed by atoms with van der Waals surface area (Å²) >= 11 is 0. The molecule has 2 nitrogen and oxygen atoms in total. The Hall–Kier alpha value is -8.20. The van der Waals surface area contributed by atoms with Crippen LogP contribution < -0.4 is 4.90 Å². The second-order valence-electron chi connectivity index (χ2n) is 19.0. The van der Waals surface area contributed by atoms with Crippen LogP contribution in [-0.2, 0) is 10.8 Å². The maximum atomic E-state index is 2.49. The topological polar surface area (TPSA) is 8.17 Å². The molecule has 2 heteroatoms.